The van der Waals surface area contributed by atoms with E-state index in [4.69, 9.17) is 0 Å². The van der Waals surface area contributed by atoms with Gasteiger partial charge in [-0.15, -0.1) is 0 Å². The highest BCUT2D eigenvalue weighted by molar-refractivity contribution is 7.89. The largest absolute Gasteiger partial charge is 0.389 e. The van der Waals surface area contributed by atoms with E-state index >= 15 is 0 Å². The standard InChI is InChI=1S/C13H20N2O6S/c1-3-12(13(8-16,9-17)15(18)19)14-22(20,21)11-6-4-10(2)5-7-11/h4-7,12,14,16-17H,3,8-9H2,1-2H3. The maximum absolute atomic E-state index is 12.3. The first-order valence-electron chi connectivity index (χ1n) is 6.68. The number of sulfonamides is 1. The lowest BCUT2D eigenvalue weighted by molar-refractivity contribution is -0.581. The van der Waals surface area contributed by atoms with E-state index in [1.165, 1.54) is 19.1 Å². The van der Waals surface area contributed by atoms with Crippen molar-refractivity contribution in [2.75, 3.05) is 13.2 Å². The topological polar surface area (TPSA) is 130 Å². The molecule has 0 spiro atoms. The van der Waals surface area contributed by atoms with Gasteiger partial charge in [-0.25, -0.2) is 13.1 Å². The van der Waals surface area contributed by atoms with Crippen molar-refractivity contribution in [1.29, 1.82) is 0 Å². The number of aliphatic hydroxyl groups is 2. The molecule has 0 bridgehead atoms. The van der Waals surface area contributed by atoms with E-state index in [-0.39, 0.29) is 11.3 Å². The number of benzene rings is 1. The van der Waals surface area contributed by atoms with Crippen molar-refractivity contribution in [3.63, 3.8) is 0 Å². The quantitative estimate of drug-likeness (QED) is 0.455. The summed E-state index contributed by atoms with van der Waals surface area (Å²) < 4.78 is 26.8. The molecule has 0 amide bonds. The lowest BCUT2D eigenvalue weighted by Crippen LogP contribution is -2.61. The molecule has 0 heterocycles. The van der Waals surface area contributed by atoms with Crippen molar-refractivity contribution in [2.45, 2.75) is 36.7 Å². The van der Waals surface area contributed by atoms with Crippen LogP contribution in [0.15, 0.2) is 29.2 Å². The Morgan fingerprint density at radius 1 is 1.27 bits per heavy atom. The fourth-order valence-electron chi connectivity index (χ4n) is 2.06. The summed E-state index contributed by atoms with van der Waals surface area (Å²) in [5.41, 5.74) is -1.30. The van der Waals surface area contributed by atoms with Crippen molar-refractivity contribution < 1.29 is 23.6 Å². The summed E-state index contributed by atoms with van der Waals surface area (Å²) in [4.78, 5) is 10.3. The Kier molecular flexibility index (Phi) is 6.00. The Morgan fingerprint density at radius 2 is 1.77 bits per heavy atom. The number of rotatable bonds is 8. The van der Waals surface area contributed by atoms with Crippen LogP contribution in [0.5, 0.6) is 0 Å². The van der Waals surface area contributed by atoms with Crippen LogP contribution in [-0.2, 0) is 10.0 Å². The zero-order chi connectivity index (χ0) is 17.0. The number of hydrogen-bond acceptors (Lipinski definition) is 6. The van der Waals surface area contributed by atoms with Gasteiger partial charge in [0.2, 0.25) is 10.0 Å². The van der Waals surface area contributed by atoms with Gasteiger partial charge >= 0.3 is 0 Å². The SMILES string of the molecule is CCC(NS(=O)(=O)c1ccc(C)cc1)C(CO)(CO)[N+](=O)[O-]. The molecule has 0 aliphatic carbocycles. The zero-order valence-corrected chi connectivity index (χ0v) is 13.2. The van der Waals surface area contributed by atoms with Crippen LogP contribution in [0, 0.1) is 17.0 Å². The third-order valence-corrected chi connectivity index (χ3v) is 5.08. The summed E-state index contributed by atoms with van der Waals surface area (Å²) in [5, 5.41) is 29.8. The van der Waals surface area contributed by atoms with Gasteiger partial charge < -0.3 is 10.2 Å². The third-order valence-electron chi connectivity index (χ3n) is 3.60. The maximum Gasteiger partial charge on any atom is 0.283 e. The third kappa shape index (κ3) is 3.61. The summed E-state index contributed by atoms with van der Waals surface area (Å²) in [6, 6.07) is 4.73. The highest BCUT2D eigenvalue weighted by Gasteiger charge is 2.50. The number of aryl methyl sites for hydroxylation is 1. The highest BCUT2D eigenvalue weighted by Crippen LogP contribution is 2.20. The van der Waals surface area contributed by atoms with Gasteiger partial charge in [0.1, 0.15) is 13.2 Å². The molecule has 0 saturated carbocycles. The number of nitrogens with zero attached hydrogens (tertiary/aromatic N) is 1. The highest BCUT2D eigenvalue weighted by atomic mass is 32.2. The lowest BCUT2D eigenvalue weighted by Gasteiger charge is -2.29. The van der Waals surface area contributed by atoms with Crippen LogP contribution in [0.25, 0.3) is 0 Å². The number of nitro groups is 1. The molecule has 0 radical (unpaired) electrons. The van der Waals surface area contributed by atoms with E-state index in [1.54, 1.807) is 19.1 Å². The van der Waals surface area contributed by atoms with Gasteiger partial charge in [0.05, 0.1) is 10.9 Å². The Balaban J connectivity index is 3.17. The molecule has 0 aliphatic rings. The van der Waals surface area contributed by atoms with Gasteiger partial charge in [-0.3, -0.25) is 10.1 Å². The van der Waals surface area contributed by atoms with Crippen molar-refractivity contribution in [1.82, 2.24) is 4.72 Å². The minimum Gasteiger partial charge on any atom is -0.389 e. The molecule has 22 heavy (non-hydrogen) atoms. The van der Waals surface area contributed by atoms with E-state index in [1.807, 2.05) is 0 Å². The van der Waals surface area contributed by atoms with Gasteiger partial charge in [0.15, 0.2) is 0 Å². The zero-order valence-electron chi connectivity index (χ0n) is 12.4. The molecule has 0 saturated heterocycles. The normalized spacial score (nSPS) is 13.8. The second-order valence-corrected chi connectivity index (χ2v) is 6.79. The predicted octanol–water partition coefficient (Wildman–Crippen LogP) is 0.0520. The molecule has 0 aliphatic heterocycles. The van der Waals surface area contributed by atoms with Crippen LogP contribution in [0.2, 0.25) is 0 Å². The molecule has 3 N–H and O–H groups in total. The molecule has 124 valence electrons. The summed E-state index contributed by atoms with van der Waals surface area (Å²) in [7, 11) is -4.00. The van der Waals surface area contributed by atoms with Crippen molar-refractivity contribution >= 4 is 10.0 Å². The van der Waals surface area contributed by atoms with E-state index < -0.39 is 39.7 Å². The van der Waals surface area contributed by atoms with Crippen molar-refractivity contribution in [3.05, 3.63) is 39.9 Å². The van der Waals surface area contributed by atoms with E-state index in [0.29, 0.717) is 0 Å². The van der Waals surface area contributed by atoms with Crippen molar-refractivity contribution in [3.8, 4) is 0 Å². The van der Waals surface area contributed by atoms with Crippen LogP contribution >= 0.6 is 0 Å². The lowest BCUT2D eigenvalue weighted by atomic mass is 9.91. The van der Waals surface area contributed by atoms with Gasteiger partial charge in [-0.1, -0.05) is 24.6 Å². The number of hydrogen-bond donors (Lipinski definition) is 3. The molecule has 1 atom stereocenters. The average Bonchev–Trinajstić information content (AvgIpc) is 2.47. The molecule has 0 fully saturated rings. The Hall–Kier alpha value is -1.55. The molecular formula is C13H20N2O6S. The van der Waals surface area contributed by atoms with Gasteiger partial charge in [0, 0.05) is 4.92 Å². The fraction of sp³-hybridized carbons (Fsp3) is 0.538. The maximum atomic E-state index is 12.3. The number of nitrogens with one attached hydrogen (secondary N) is 1. The second-order valence-electron chi connectivity index (χ2n) is 5.07. The van der Waals surface area contributed by atoms with Gasteiger partial charge in [0.25, 0.3) is 5.54 Å². The van der Waals surface area contributed by atoms with Crippen LogP contribution in [0.4, 0.5) is 0 Å². The van der Waals surface area contributed by atoms with Gasteiger partial charge in [-0.2, -0.15) is 0 Å². The van der Waals surface area contributed by atoms with Crippen LogP contribution < -0.4 is 4.72 Å². The molecule has 0 aromatic heterocycles. The first-order chi connectivity index (χ1) is 10.2. The Bertz CT molecular complexity index is 610. The van der Waals surface area contributed by atoms with Crippen LogP contribution in [-0.4, -0.2) is 48.3 Å². The molecule has 8 nitrogen and oxygen atoms in total. The van der Waals surface area contributed by atoms with E-state index in [9.17, 15) is 28.7 Å². The molecule has 1 rings (SSSR count). The molecule has 1 aromatic carbocycles. The summed E-state index contributed by atoms with van der Waals surface area (Å²) in [6.45, 7) is 1.37. The minimum absolute atomic E-state index is 0.0349. The molecular weight excluding hydrogens is 312 g/mol. The van der Waals surface area contributed by atoms with E-state index in [0.717, 1.165) is 5.56 Å². The monoisotopic (exact) mass is 332 g/mol. The minimum atomic E-state index is -4.00. The fourth-order valence-corrected chi connectivity index (χ4v) is 3.45. The summed E-state index contributed by atoms with van der Waals surface area (Å²) >= 11 is 0. The number of aliphatic hydroxyl groups excluding tert-OH is 2. The van der Waals surface area contributed by atoms with Crippen LogP contribution in [0.1, 0.15) is 18.9 Å². The summed E-state index contributed by atoms with van der Waals surface area (Å²) in [5.74, 6) is 0. The first kappa shape index (κ1) is 18.5. The Morgan fingerprint density at radius 3 is 2.14 bits per heavy atom. The molecule has 9 heteroatoms. The first-order valence-corrected chi connectivity index (χ1v) is 8.17. The predicted molar refractivity (Wildman–Crippen MR) is 79.5 cm³/mol. The smallest absolute Gasteiger partial charge is 0.283 e. The second kappa shape index (κ2) is 7.14. The summed E-state index contributed by atoms with van der Waals surface area (Å²) in [6.07, 6.45) is 0.0349. The van der Waals surface area contributed by atoms with Gasteiger partial charge in [-0.05, 0) is 25.5 Å². The van der Waals surface area contributed by atoms with Crippen molar-refractivity contribution in [2.24, 2.45) is 0 Å². The average molecular weight is 332 g/mol. The molecule has 1 aromatic rings. The Labute approximate surface area is 129 Å². The van der Waals surface area contributed by atoms with Crippen LogP contribution in [0.3, 0.4) is 0 Å². The molecule has 1 unspecified atom stereocenters. The van der Waals surface area contributed by atoms with E-state index in [2.05, 4.69) is 4.72 Å².